The van der Waals surface area contributed by atoms with Gasteiger partial charge in [-0.3, -0.25) is 0 Å². The van der Waals surface area contributed by atoms with E-state index in [0.717, 1.165) is 13.1 Å². The summed E-state index contributed by atoms with van der Waals surface area (Å²) in [6.07, 6.45) is 1.26. The summed E-state index contributed by atoms with van der Waals surface area (Å²) >= 11 is 0. The number of hydrogen-bond donors (Lipinski definition) is 1. The first-order valence-corrected chi connectivity index (χ1v) is 5.17. The molecule has 0 saturated heterocycles. The molecule has 0 aromatic heterocycles. The Bertz CT molecular complexity index is 91.8. The van der Waals surface area contributed by atoms with Crippen LogP contribution >= 0.6 is 0 Å². The zero-order chi connectivity index (χ0) is 9.40. The van der Waals surface area contributed by atoms with E-state index in [1.54, 1.807) is 0 Å². The van der Waals surface area contributed by atoms with Gasteiger partial charge in [0.1, 0.15) is 0 Å². The zero-order valence-electron chi connectivity index (χ0n) is 9.06. The SMILES string of the molecule is CCNCCCN(CC)C(C)C. The van der Waals surface area contributed by atoms with E-state index in [0.29, 0.717) is 6.04 Å². The van der Waals surface area contributed by atoms with Gasteiger partial charge in [0.05, 0.1) is 0 Å². The van der Waals surface area contributed by atoms with E-state index in [1.807, 2.05) is 0 Å². The second-order valence-corrected chi connectivity index (χ2v) is 3.43. The second-order valence-electron chi connectivity index (χ2n) is 3.43. The molecule has 1 N–H and O–H groups in total. The highest BCUT2D eigenvalue weighted by Crippen LogP contribution is 1.97. The highest BCUT2D eigenvalue weighted by molar-refractivity contribution is 4.60. The van der Waals surface area contributed by atoms with Crippen molar-refractivity contribution in [1.29, 1.82) is 0 Å². The predicted molar refractivity (Wildman–Crippen MR) is 55.5 cm³/mol. The van der Waals surface area contributed by atoms with Crippen molar-refractivity contribution < 1.29 is 0 Å². The van der Waals surface area contributed by atoms with Crippen molar-refractivity contribution in [3.63, 3.8) is 0 Å². The molecular formula is C10H24N2. The average Bonchev–Trinajstić information content (AvgIpc) is 2.04. The van der Waals surface area contributed by atoms with Crippen molar-refractivity contribution in [3.05, 3.63) is 0 Å². The van der Waals surface area contributed by atoms with Gasteiger partial charge < -0.3 is 10.2 Å². The van der Waals surface area contributed by atoms with Gasteiger partial charge in [0, 0.05) is 6.04 Å². The maximum absolute atomic E-state index is 3.34. The smallest absolute Gasteiger partial charge is 0.00384 e. The van der Waals surface area contributed by atoms with Crippen molar-refractivity contribution in [3.8, 4) is 0 Å². The van der Waals surface area contributed by atoms with Gasteiger partial charge in [0.25, 0.3) is 0 Å². The summed E-state index contributed by atoms with van der Waals surface area (Å²) in [6.45, 7) is 13.5. The molecule has 12 heavy (non-hydrogen) atoms. The zero-order valence-corrected chi connectivity index (χ0v) is 9.06. The molecule has 2 heteroatoms. The highest BCUT2D eigenvalue weighted by atomic mass is 15.1. The molecule has 0 spiro atoms. The van der Waals surface area contributed by atoms with Crippen molar-refractivity contribution in [2.24, 2.45) is 0 Å². The molecule has 0 bridgehead atoms. The number of rotatable bonds is 7. The average molecular weight is 172 g/mol. The first-order chi connectivity index (χ1) is 5.72. The van der Waals surface area contributed by atoms with Crippen LogP contribution in [-0.2, 0) is 0 Å². The Morgan fingerprint density at radius 2 is 1.92 bits per heavy atom. The lowest BCUT2D eigenvalue weighted by molar-refractivity contribution is 0.230. The van der Waals surface area contributed by atoms with Crippen molar-refractivity contribution in [2.45, 2.75) is 40.2 Å². The van der Waals surface area contributed by atoms with Gasteiger partial charge in [-0.2, -0.15) is 0 Å². The molecule has 0 atom stereocenters. The summed E-state index contributed by atoms with van der Waals surface area (Å²) in [4.78, 5) is 2.50. The number of hydrogen-bond acceptors (Lipinski definition) is 2. The summed E-state index contributed by atoms with van der Waals surface area (Å²) in [5.41, 5.74) is 0. The van der Waals surface area contributed by atoms with Crippen molar-refractivity contribution in [1.82, 2.24) is 10.2 Å². The standard InChI is InChI=1S/C10H24N2/c1-5-11-8-7-9-12(6-2)10(3)4/h10-11H,5-9H2,1-4H3. The van der Waals surface area contributed by atoms with Crippen LogP contribution in [-0.4, -0.2) is 37.1 Å². The number of nitrogens with one attached hydrogen (secondary N) is 1. The molecule has 2 nitrogen and oxygen atoms in total. The second kappa shape index (κ2) is 7.56. The third kappa shape index (κ3) is 5.56. The lowest BCUT2D eigenvalue weighted by Crippen LogP contribution is -2.33. The van der Waals surface area contributed by atoms with E-state index in [1.165, 1.54) is 19.5 Å². The van der Waals surface area contributed by atoms with Crippen LogP contribution in [0.1, 0.15) is 34.1 Å². The van der Waals surface area contributed by atoms with E-state index in [-0.39, 0.29) is 0 Å². The van der Waals surface area contributed by atoms with E-state index in [4.69, 9.17) is 0 Å². The molecule has 0 aliphatic carbocycles. The maximum Gasteiger partial charge on any atom is 0.00384 e. The Morgan fingerprint density at radius 1 is 1.25 bits per heavy atom. The van der Waals surface area contributed by atoms with Crippen LogP contribution in [0.15, 0.2) is 0 Å². The Labute approximate surface area is 77.3 Å². The van der Waals surface area contributed by atoms with Gasteiger partial charge in [0.15, 0.2) is 0 Å². The third-order valence-electron chi connectivity index (χ3n) is 2.19. The minimum Gasteiger partial charge on any atom is -0.317 e. The molecule has 0 radical (unpaired) electrons. The van der Waals surface area contributed by atoms with E-state index in [9.17, 15) is 0 Å². The van der Waals surface area contributed by atoms with Crippen LogP contribution in [0.4, 0.5) is 0 Å². The van der Waals surface area contributed by atoms with Crippen LogP contribution < -0.4 is 5.32 Å². The Kier molecular flexibility index (Phi) is 7.51. The Morgan fingerprint density at radius 3 is 2.33 bits per heavy atom. The summed E-state index contributed by atoms with van der Waals surface area (Å²) in [7, 11) is 0. The fourth-order valence-electron chi connectivity index (χ4n) is 1.37. The molecule has 0 rings (SSSR count). The van der Waals surface area contributed by atoms with Gasteiger partial charge in [-0.15, -0.1) is 0 Å². The van der Waals surface area contributed by atoms with Crippen LogP contribution in [0, 0.1) is 0 Å². The third-order valence-corrected chi connectivity index (χ3v) is 2.19. The van der Waals surface area contributed by atoms with Crippen LogP contribution in [0.5, 0.6) is 0 Å². The molecule has 0 aliphatic heterocycles. The monoisotopic (exact) mass is 172 g/mol. The normalized spacial score (nSPS) is 11.5. The van der Waals surface area contributed by atoms with Crippen LogP contribution in [0.25, 0.3) is 0 Å². The summed E-state index contributed by atoms with van der Waals surface area (Å²) in [5, 5.41) is 3.34. The van der Waals surface area contributed by atoms with E-state index in [2.05, 4.69) is 37.9 Å². The molecule has 0 unspecified atom stereocenters. The maximum atomic E-state index is 3.34. The summed E-state index contributed by atoms with van der Waals surface area (Å²) in [6, 6.07) is 0.691. The van der Waals surface area contributed by atoms with Gasteiger partial charge in [-0.25, -0.2) is 0 Å². The van der Waals surface area contributed by atoms with Crippen LogP contribution in [0.2, 0.25) is 0 Å². The highest BCUT2D eigenvalue weighted by Gasteiger charge is 2.04. The molecule has 0 aromatic carbocycles. The molecule has 0 aromatic rings. The Hall–Kier alpha value is -0.0800. The number of nitrogens with zero attached hydrogens (tertiary/aromatic N) is 1. The lowest BCUT2D eigenvalue weighted by atomic mass is 10.3. The van der Waals surface area contributed by atoms with E-state index >= 15 is 0 Å². The molecule has 0 aliphatic rings. The van der Waals surface area contributed by atoms with Crippen molar-refractivity contribution >= 4 is 0 Å². The fraction of sp³-hybridized carbons (Fsp3) is 1.00. The lowest BCUT2D eigenvalue weighted by Gasteiger charge is -2.24. The van der Waals surface area contributed by atoms with Crippen molar-refractivity contribution in [2.75, 3.05) is 26.2 Å². The molecular weight excluding hydrogens is 148 g/mol. The van der Waals surface area contributed by atoms with E-state index < -0.39 is 0 Å². The molecule has 0 saturated carbocycles. The Balaban J connectivity index is 3.32. The molecule has 0 amide bonds. The van der Waals surface area contributed by atoms with Gasteiger partial charge in [-0.1, -0.05) is 13.8 Å². The van der Waals surface area contributed by atoms with Gasteiger partial charge in [0.2, 0.25) is 0 Å². The first kappa shape index (κ1) is 11.9. The fourth-order valence-corrected chi connectivity index (χ4v) is 1.37. The summed E-state index contributed by atoms with van der Waals surface area (Å²) in [5.74, 6) is 0. The quantitative estimate of drug-likeness (QED) is 0.588. The molecule has 74 valence electrons. The topological polar surface area (TPSA) is 15.3 Å². The molecule has 0 fully saturated rings. The minimum absolute atomic E-state index is 0.691. The van der Waals surface area contributed by atoms with Gasteiger partial charge >= 0.3 is 0 Å². The van der Waals surface area contributed by atoms with Gasteiger partial charge in [-0.05, 0) is 46.4 Å². The summed E-state index contributed by atoms with van der Waals surface area (Å²) < 4.78 is 0. The first-order valence-electron chi connectivity index (χ1n) is 5.17. The largest absolute Gasteiger partial charge is 0.317 e. The minimum atomic E-state index is 0.691. The predicted octanol–water partition coefficient (Wildman–Crippen LogP) is 1.72. The van der Waals surface area contributed by atoms with Crippen LogP contribution in [0.3, 0.4) is 0 Å². The molecule has 0 heterocycles.